The Kier molecular flexibility index (Phi) is 5.64. The second-order valence-electron chi connectivity index (χ2n) is 5.36. The van der Waals surface area contributed by atoms with Crippen molar-refractivity contribution in [2.45, 2.75) is 6.42 Å². The molecule has 2 heterocycles. The predicted molar refractivity (Wildman–Crippen MR) is 97.3 cm³/mol. The number of nitrogens with one attached hydrogen (secondary N) is 1. The maximum atomic E-state index is 12.0. The Morgan fingerprint density at radius 1 is 1.04 bits per heavy atom. The molecule has 3 aromatic rings. The average molecular weight is 354 g/mol. The highest BCUT2D eigenvalue weighted by atomic mass is 32.1. The second-order valence-corrected chi connectivity index (χ2v) is 6.31. The Labute approximate surface area is 149 Å². The average Bonchev–Trinajstić information content (AvgIpc) is 3.35. The molecule has 0 aliphatic heterocycles. The largest absolute Gasteiger partial charge is 0.462 e. The zero-order valence-electron chi connectivity index (χ0n) is 13.6. The minimum atomic E-state index is -0.358. The van der Waals surface area contributed by atoms with E-state index in [4.69, 9.17) is 4.74 Å². The maximum Gasteiger partial charge on any atom is 0.338 e. The van der Waals surface area contributed by atoms with Crippen LogP contribution in [0.4, 0.5) is 0 Å². The molecule has 0 aliphatic carbocycles. The van der Waals surface area contributed by atoms with Gasteiger partial charge in [0.15, 0.2) is 0 Å². The third-order valence-electron chi connectivity index (χ3n) is 3.59. The summed E-state index contributed by atoms with van der Waals surface area (Å²) in [5.41, 5.74) is 1.50. The third kappa shape index (κ3) is 4.58. The summed E-state index contributed by atoms with van der Waals surface area (Å²) >= 11 is 1.40. The summed E-state index contributed by atoms with van der Waals surface area (Å²) in [5.74, 6) is -0.453. The number of esters is 1. The van der Waals surface area contributed by atoms with Crippen LogP contribution < -0.4 is 5.32 Å². The smallest absolute Gasteiger partial charge is 0.338 e. The first-order chi connectivity index (χ1) is 12.2. The van der Waals surface area contributed by atoms with Gasteiger partial charge in [0.05, 0.1) is 17.0 Å². The second kappa shape index (κ2) is 8.30. The number of thiophene rings is 1. The summed E-state index contributed by atoms with van der Waals surface area (Å²) in [6.07, 6.45) is 4.46. The number of carbonyl (C=O) groups is 2. The van der Waals surface area contributed by atoms with Crippen LogP contribution >= 0.6 is 11.3 Å². The van der Waals surface area contributed by atoms with Gasteiger partial charge in [0.2, 0.25) is 0 Å². The summed E-state index contributed by atoms with van der Waals surface area (Å²) < 4.78 is 7.20. The fourth-order valence-corrected chi connectivity index (χ4v) is 2.93. The van der Waals surface area contributed by atoms with E-state index in [2.05, 4.69) is 5.32 Å². The third-order valence-corrected chi connectivity index (χ3v) is 4.46. The minimum absolute atomic E-state index is 0.0954. The predicted octanol–water partition coefficient (Wildman–Crippen LogP) is 3.52. The highest BCUT2D eigenvalue weighted by molar-refractivity contribution is 7.12. The molecule has 0 aliphatic rings. The highest BCUT2D eigenvalue weighted by Crippen LogP contribution is 2.11. The lowest BCUT2D eigenvalue weighted by Gasteiger charge is -2.07. The number of aromatic nitrogens is 1. The van der Waals surface area contributed by atoms with Crippen LogP contribution in [0, 0.1) is 0 Å². The van der Waals surface area contributed by atoms with Crippen LogP contribution in [0.3, 0.4) is 0 Å². The van der Waals surface area contributed by atoms with Gasteiger partial charge in [0.1, 0.15) is 0 Å². The number of hydrogen-bond acceptors (Lipinski definition) is 4. The number of carbonyl (C=O) groups excluding carboxylic acids is 2. The van der Waals surface area contributed by atoms with Crippen LogP contribution in [-0.4, -0.2) is 29.6 Å². The van der Waals surface area contributed by atoms with Crippen LogP contribution in [0.1, 0.15) is 26.5 Å². The number of ether oxygens (including phenoxy) is 1. The molecule has 2 aromatic heterocycles. The zero-order valence-corrected chi connectivity index (χ0v) is 14.4. The van der Waals surface area contributed by atoms with E-state index in [1.54, 1.807) is 18.2 Å². The van der Waals surface area contributed by atoms with E-state index in [9.17, 15) is 9.59 Å². The van der Waals surface area contributed by atoms with Gasteiger partial charge in [-0.1, -0.05) is 6.07 Å². The topological polar surface area (TPSA) is 60.3 Å². The van der Waals surface area contributed by atoms with E-state index in [0.717, 1.165) is 5.69 Å². The molecule has 1 N–H and O–H groups in total. The van der Waals surface area contributed by atoms with E-state index < -0.39 is 0 Å². The highest BCUT2D eigenvalue weighted by Gasteiger charge is 2.08. The van der Waals surface area contributed by atoms with Crippen molar-refractivity contribution in [3.05, 3.63) is 76.7 Å². The van der Waals surface area contributed by atoms with Crippen LogP contribution in [0.5, 0.6) is 0 Å². The van der Waals surface area contributed by atoms with E-state index in [0.29, 0.717) is 23.4 Å². The van der Waals surface area contributed by atoms with Gasteiger partial charge in [-0.3, -0.25) is 4.79 Å². The van der Waals surface area contributed by atoms with E-state index in [-0.39, 0.29) is 18.5 Å². The first-order valence-corrected chi connectivity index (χ1v) is 8.84. The molecule has 0 spiro atoms. The summed E-state index contributed by atoms with van der Waals surface area (Å²) in [5, 5.41) is 4.66. The molecule has 1 aromatic carbocycles. The van der Waals surface area contributed by atoms with Crippen LogP contribution in [-0.2, 0) is 4.74 Å². The minimum Gasteiger partial charge on any atom is -0.462 e. The number of hydrogen-bond donors (Lipinski definition) is 1. The molecule has 0 saturated carbocycles. The lowest BCUT2D eigenvalue weighted by atomic mass is 10.2. The summed E-state index contributed by atoms with van der Waals surface area (Å²) in [6.45, 7) is 0.736. The van der Waals surface area contributed by atoms with E-state index in [1.807, 2.05) is 52.7 Å². The number of amides is 1. The van der Waals surface area contributed by atoms with Gasteiger partial charge in [-0.2, -0.15) is 0 Å². The van der Waals surface area contributed by atoms with Crippen molar-refractivity contribution in [2.24, 2.45) is 0 Å². The number of rotatable bonds is 7. The van der Waals surface area contributed by atoms with E-state index >= 15 is 0 Å². The molecule has 0 saturated heterocycles. The molecule has 1 amide bonds. The lowest BCUT2D eigenvalue weighted by Crippen LogP contribution is -2.24. The molecule has 5 nitrogen and oxygen atoms in total. The Morgan fingerprint density at radius 2 is 1.80 bits per heavy atom. The molecular formula is C19H18N2O3S. The molecule has 25 heavy (non-hydrogen) atoms. The first-order valence-electron chi connectivity index (χ1n) is 7.96. The van der Waals surface area contributed by atoms with Crippen LogP contribution in [0.2, 0.25) is 0 Å². The monoisotopic (exact) mass is 354 g/mol. The van der Waals surface area contributed by atoms with Crippen molar-refractivity contribution in [1.82, 2.24) is 9.88 Å². The molecule has 0 fully saturated rings. The molecule has 3 rings (SSSR count). The Bertz CT molecular complexity index is 809. The van der Waals surface area contributed by atoms with Crippen LogP contribution in [0.15, 0.2) is 66.3 Å². The number of benzene rings is 1. The van der Waals surface area contributed by atoms with Crippen molar-refractivity contribution >= 4 is 23.2 Å². The fourth-order valence-electron chi connectivity index (χ4n) is 2.29. The lowest BCUT2D eigenvalue weighted by molar-refractivity contribution is 0.0501. The van der Waals surface area contributed by atoms with Crippen molar-refractivity contribution in [3.8, 4) is 5.69 Å². The number of nitrogens with zero attached hydrogens (tertiary/aromatic N) is 1. The summed E-state index contributed by atoms with van der Waals surface area (Å²) in [7, 11) is 0. The van der Waals surface area contributed by atoms with Crippen LogP contribution in [0.25, 0.3) is 5.69 Å². The quantitative estimate of drug-likeness (QED) is 0.522. The van der Waals surface area contributed by atoms with Gasteiger partial charge < -0.3 is 14.6 Å². The molecular weight excluding hydrogens is 336 g/mol. The Hall–Kier alpha value is -2.86. The maximum absolute atomic E-state index is 12.0. The molecule has 0 radical (unpaired) electrons. The summed E-state index contributed by atoms with van der Waals surface area (Å²) in [4.78, 5) is 24.4. The molecule has 0 unspecified atom stereocenters. The Morgan fingerprint density at radius 3 is 2.48 bits per heavy atom. The van der Waals surface area contributed by atoms with Crippen molar-refractivity contribution in [1.29, 1.82) is 0 Å². The van der Waals surface area contributed by atoms with Gasteiger partial charge in [0.25, 0.3) is 5.91 Å². The van der Waals surface area contributed by atoms with Crippen molar-refractivity contribution < 1.29 is 14.3 Å². The molecule has 6 heteroatoms. The Balaban J connectivity index is 1.40. The normalized spacial score (nSPS) is 10.4. The zero-order chi connectivity index (χ0) is 17.5. The SMILES string of the molecule is O=C(OCCCNC(=O)c1cccs1)c1ccc(-n2cccc2)cc1. The van der Waals surface area contributed by atoms with E-state index in [1.165, 1.54) is 11.3 Å². The molecule has 0 bridgehead atoms. The van der Waals surface area contributed by atoms with Crippen molar-refractivity contribution in [3.63, 3.8) is 0 Å². The van der Waals surface area contributed by atoms with Gasteiger partial charge in [-0.15, -0.1) is 11.3 Å². The van der Waals surface area contributed by atoms with Gasteiger partial charge >= 0.3 is 5.97 Å². The molecule has 0 atom stereocenters. The van der Waals surface area contributed by atoms with Crippen molar-refractivity contribution in [2.75, 3.05) is 13.2 Å². The van der Waals surface area contributed by atoms with Gasteiger partial charge in [-0.05, 0) is 54.3 Å². The fraction of sp³-hybridized carbons (Fsp3) is 0.158. The van der Waals surface area contributed by atoms with Gasteiger partial charge in [-0.25, -0.2) is 4.79 Å². The first kappa shape index (κ1) is 17.0. The standard InChI is InChI=1S/C19H18N2O3S/c22-18(17-5-3-14-25-17)20-10-4-13-24-19(23)15-6-8-16(9-7-15)21-11-1-2-12-21/h1-3,5-9,11-12,14H,4,10,13H2,(H,20,22). The molecule has 128 valence electrons. The summed E-state index contributed by atoms with van der Waals surface area (Å²) in [6, 6.07) is 14.7. The van der Waals surface area contributed by atoms with Gasteiger partial charge in [0, 0.05) is 24.6 Å².